The van der Waals surface area contributed by atoms with Gasteiger partial charge in [0.15, 0.2) is 0 Å². The second kappa shape index (κ2) is 6.92. The predicted octanol–water partition coefficient (Wildman–Crippen LogP) is 4.01. The van der Waals surface area contributed by atoms with E-state index in [-0.39, 0.29) is 16.8 Å². The normalized spacial score (nSPS) is 14.9. The van der Waals surface area contributed by atoms with Gasteiger partial charge in [0.05, 0.1) is 5.02 Å². The number of pyridine rings is 1. The number of nitrogens with one attached hydrogen (secondary N) is 1. The van der Waals surface area contributed by atoms with Crippen LogP contribution < -0.4 is 5.32 Å². The van der Waals surface area contributed by atoms with Crippen LogP contribution in [0.4, 0.5) is 0 Å². The summed E-state index contributed by atoms with van der Waals surface area (Å²) in [4.78, 5) is 15.9. The minimum absolute atomic E-state index is 0.187. The molecule has 1 aliphatic rings. The molecular weight excluding hydrogens is 283 g/mol. The summed E-state index contributed by atoms with van der Waals surface area (Å²) in [5.74, 6) is -0.274. The fourth-order valence-corrected chi connectivity index (χ4v) is 2.47. The number of aromatic nitrogens is 1. The molecule has 0 bridgehead atoms. The second-order valence-corrected chi connectivity index (χ2v) is 5.37. The summed E-state index contributed by atoms with van der Waals surface area (Å²) in [7, 11) is 0. The second-order valence-electron chi connectivity index (χ2n) is 4.58. The van der Waals surface area contributed by atoms with Gasteiger partial charge in [0, 0.05) is 6.54 Å². The third-order valence-electron chi connectivity index (χ3n) is 3.14. The van der Waals surface area contributed by atoms with Gasteiger partial charge in [-0.3, -0.25) is 4.79 Å². The number of carbonyl (C=O) groups is 1. The average molecular weight is 299 g/mol. The predicted molar refractivity (Wildman–Crippen MR) is 77.8 cm³/mol. The minimum atomic E-state index is -0.274. The number of hydrogen-bond acceptors (Lipinski definition) is 2. The maximum atomic E-state index is 11.9. The number of hydrogen-bond donors (Lipinski definition) is 1. The Morgan fingerprint density at radius 2 is 2.16 bits per heavy atom. The van der Waals surface area contributed by atoms with Gasteiger partial charge in [0.1, 0.15) is 10.8 Å². The van der Waals surface area contributed by atoms with Crippen molar-refractivity contribution in [1.29, 1.82) is 0 Å². The van der Waals surface area contributed by atoms with Crippen molar-refractivity contribution in [3.05, 3.63) is 39.7 Å². The molecule has 1 aliphatic carbocycles. The number of halogens is 2. The van der Waals surface area contributed by atoms with Crippen molar-refractivity contribution in [2.24, 2.45) is 0 Å². The molecule has 1 N–H and O–H groups in total. The molecule has 0 unspecified atom stereocenters. The summed E-state index contributed by atoms with van der Waals surface area (Å²) in [5, 5.41) is 3.42. The monoisotopic (exact) mass is 298 g/mol. The Balaban J connectivity index is 1.87. The van der Waals surface area contributed by atoms with E-state index >= 15 is 0 Å². The molecule has 1 heterocycles. The number of rotatable bonds is 4. The molecule has 0 aliphatic heterocycles. The van der Waals surface area contributed by atoms with Gasteiger partial charge in [-0.2, -0.15) is 0 Å². The molecule has 0 aromatic carbocycles. The molecule has 0 saturated heterocycles. The molecule has 3 nitrogen and oxygen atoms in total. The zero-order chi connectivity index (χ0) is 13.7. The first-order valence-electron chi connectivity index (χ1n) is 6.45. The van der Waals surface area contributed by atoms with E-state index in [1.54, 1.807) is 12.1 Å². The molecule has 102 valence electrons. The van der Waals surface area contributed by atoms with Crippen LogP contribution in [0.2, 0.25) is 10.2 Å². The number of nitrogens with zero attached hydrogens (tertiary/aromatic N) is 1. The largest absolute Gasteiger partial charge is 0.350 e. The minimum Gasteiger partial charge on any atom is -0.350 e. The fraction of sp³-hybridized carbons (Fsp3) is 0.429. The van der Waals surface area contributed by atoms with Crippen LogP contribution in [0.15, 0.2) is 23.8 Å². The lowest BCUT2D eigenvalue weighted by Gasteiger charge is -2.13. The Morgan fingerprint density at radius 3 is 2.89 bits per heavy atom. The number of amides is 1. The van der Waals surface area contributed by atoms with E-state index in [0.29, 0.717) is 11.6 Å². The van der Waals surface area contributed by atoms with Crippen LogP contribution in [0.5, 0.6) is 0 Å². The average Bonchev–Trinajstić information content (AvgIpc) is 2.42. The number of carbonyl (C=O) groups excluding carboxylic acids is 1. The van der Waals surface area contributed by atoms with Gasteiger partial charge in [0.2, 0.25) is 0 Å². The number of allylic oxidation sites excluding steroid dienone is 1. The van der Waals surface area contributed by atoms with Gasteiger partial charge < -0.3 is 5.32 Å². The van der Waals surface area contributed by atoms with E-state index in [1.807, 2.05) is 0 Å². The molecule has 1 aromatic heterocycles. The van der Waals surface area contributed by atoms with E-state index in [4.69, 9.17) is 23.2 Å². The zero-order valence-electron chi connectivity index (χ0n) is 10.6. The van der Waals surface area contributed by atoms with Crippen LogP contribution in [-0.2, 0) is 0 Å². The molecule has 0 spiro atoms. The standard InChI is InChI=1S/C14H16Cl2N2O/c15-11-6-7-12(16)18-13(11)14(19)17-9-8-10-4-2-1-3-5-10/h4,6-7H,1-3,5,8-9H2,(H,17,19). The van der Waals surface area contributed by atoms with Gasteiger partial charge in [-0.15, -0.1) is 0 Å². The molecule has 1 aromatic rings. The topological polar surface area (TPSA) is 42.0 Å². The summed E-state index contributed by atoms with van der Waals surface area (Å²) in [6.07, 6.45) is 8.00. The van der Waals surface area contributed by atoms with E-state index < -0.39 is 0 Å². The summed E-state index contributed by atoms with van der Waals surface area (Å²) < 4.78 is 0. The van der Waals surface area contributed by atoms with Crippen molar-refractivity contribution in [3.8, 4) is 0 Å². The van der Waals surface area contributed by atoms with Crippen molar-refractivity contribution < 1.29 is 4.79 Å². The van der Waals surface area contributed by atoms with E-state index in [9.17, 15) is 4.79 Å². The first-order chi connectivity index (χ1) is 9.16. The Bertz CT molecular complexity index is 500. The third-order valence-corrected chi connectivity index (χ3v) is 3.66. The van der Waals surface area contributed by atoms with Crippen molar-refractivity contribution in [1.82, 2.24) is 10.3 Å². The third kappa shape index (κ3) is 4.22. The molecule has 5 heteroatoms. The van der Waals surface area contributed by atoms with Crippen molar-refractivity contribution in [2.75, 3.05) is 6.54 Å². The van der Waals surface area contributed by atoms with Crippen LogP contribution in [0.1, 0.15) is 42.6 Å². The van der Waals surface area contributed by atoms with Crippen LogP contribution in [0.3, 0.4) is 0 Å². The molecule has 19 heavy (non-hydrogen) atoms. The zero-order valence-corrected chi connectivity index (χ0v) is 12.1. The summed E-state index contributed by atoms with van der Waals surface area (Å²) in [5.41, 5.74) is 1.61. The summed E-state index contributed by atoms with van der Waals surface area (Å²) in [6, 6.07) is 3.14. The quantitative estimate of drug-likeness (QED) is 0.674. The Kier molecular flexibility index (Phi) is 5.23. The lowest BCUT2D eigenvalue weighted by Crippen LogP contribution is -2.26. The first-order valence-corrected chi connectivity index (χ1v) is 7.20. The van der Waals surface area contributed by atoms with Gasteiger partial charge in [-0.1, -0.05) is 34.9 Å². The Morgan fingerprint density at radius 1 is 1.32 bits per heavy atom. The summed E-state index contributed by atoms with van der Waals surface area (Å²) in [6.45, 7) is 0.606. The molecule has 2 rings (SSSR count). The lowest BCUT2D eigenvalue weighted by atomic mass is 9.97. The van der Waals surface area contributed by atoms with Gasteiger partial charge in [0.25, 0.3) is 5.91 Å². The van der Waals surface area contributed by atoms with Crippen LogP contribution in [-0.4, -0.2) is 17.4 Å². The molecular formula is C14H16Cl2N2O. The van der Waals surface area contributed by atoms with Crippen LogP contribution in [0.25, 0.3) is 0 Å². The highest BCUT2D eigenvalue weighted by Crippen LogP contribution is 2.20. The molecule has 0 fully saturated rings. The van der Waals surface area contributed by atoms with Gasteiger partial charge in [-0.25, -0.2) is 4.98 Å². The highest BCUT2D eigenvalue weighted by atomic mass is 35.5. The maximum Gasteiger partial charge on any atom is 0.271 e. The van der Waals surface area contributed by atoms with Crippen LogP contribution >= 0.6 is 23.2 Å². The smallest absolute Gasteiger partial charge is 0.271 e. The highest BCUT2D eigenvalue weighted by Gasteiger charge is 2.12. The lowest BCUT2D eigenvalue weighted by molar-refractivity contribution is 0.0949. The molecule has 1 amide bonds. The first kappa shape index (κ1) is 14.4. The molecule has 0 radical (unpaired) electrons. The van der Waals surface area contributed by atoms with E-state index in [1.165, 1.54) is 18.4 Å². The SMILES string of the molecule is O=C(NCCC1=CCCCC1)c1nc(Cl)ccc1Cl. The van der Waals surface area contributed by atoms with Crippen LogP contribution in [0, 0.1) is 0 Å². The maximum absolute atomic E-state index is 11.9. The van der Waals surface area contributed by atoms with Crippen molar-refractivity contribution >= 4 is 29.1 Å². The summed E-state index contributed by atoms with van der Waals surface area (Å²) >= 11 is 11.7. The Labute approximate surface area is 123 Å². The van der Waals surface area contributed by atoms with Crippen molar-refractivity contribution in [3.63, 3.8) is 0 Å². The van der Waals surface area contributed by atoms with Gasteiger partial charge >= 0.3 is 0 Å². The van der Waals surface area contributed by atoms with Crippen molar-refractivity contribution in [2.45, 2.75) is 32.1 Å². The molecule has 0 atom stereocenters. The van der Waals surface area contributed by atoms with E-state index in [0.717, 1.165) is 19.3 Å². The van der Waals surface area contributed by atoms with E-state index in [2.05, 4.69) is 16.4 Å². The highest BCUT2D eigenvalue weighted by molar-refractivity contribution is 6.34. The molecule has 0 saturated carbocycles. The van der Waals surface area contributed by atoms with Gasteiger partial charge in [-0.05, 0) is 44.2 Å². The fourth-order valence-electron chi connectivity index (χ4n) is 2.13. The Hall–Kier alpha value is -1.06.